The molecular weight excluding hydrogens is 266 g/mol. The van der Waals surface area contributed by atoms with Crippen LogP contribution in [0.5, 0.6) is 0 Å². The van der Waals surface area contributed by atoms with E-state index in [2.05, 4.69) is 11.8 Å². The molecule has 2 saturated heterocycles. The van der Waals surface area contributed by atoms with Crippen molar-refractivity contribution < 1.29 is 9.59 Å². The largest absolute Gasteiger partial charge is 0.342 e. The van der Waals surface area contributed by atoms with Crippen molar-refractivity contribution in [2.75, 3.05) is 45.8 Å². The summed E-state index contributed by atoms with van der Waals surface area (Å²) in [6.07, 6.45) is 6.25. The van der Waals surface area contributed by atoms with Gasteiger partial charge in [0.25, 0.3) is 0 Å². The molecule has 2 heterocycles. The summed E-state index contributed by atoms with van der Waals surface area (Å²) in [4.78, 5) is 30.3. The third kappa shape index (κ3) is 4.99. The molecule has 5 nitrogen and oxygen atoms in total. The Hall–Kier alpha value is -1.10. The molecule has 0 aliphatic carbocycles. The van der Waals surface area contributed by atoms with Crippen molar-refractivity contribution in [2.24, 2.45) is 0 Å². The number of hydrogen-bond acceptors (Lipinski definition) is 3. The molecule has 0 bridgehead atoms. The minimum Gasteiger partial charge on any atom is -0.342 e. The third-order valence-electron chi connectivity index (χ3n) is 4.54. The minimum absolute atomic E-state index is 0.264. The molecule has 0 unspecified atom stereocenters. The average molecular weight is 295 g/mol. The van der Waals surface area contributed by atoms with Crippen LogP contribution >= 0.6 is 0 Å². The summed E-state index contributed by atoms with van der Waals surface area (Å²) in [6.45, 7) is 7.69. The van der Waals surface area contributed by atoms with Gasteiger partial charge in [-0.3, -0.25) is 14.5 Å². The SMILES string of the molecule is CCCCC(=O)N1CCN(CC(=O)N2CCCCC2)CC1. The molecular formula is C16H29N3O2. The molecule has 2 aliphatic heterocycles. The van der Waals surface area contributed by atoms with Crippen molar-refractivity contribution in [1.29, 1.82) is 0 Å². The summed E-state index contributed by atoms with van der Waals surface area (Å²) in [6, 6.07) is 0. The normalized spacial score (nSPS) is 20.6. The molecule has 0 aromatic rings. The van der Waals surface area contributed by atoms with Gasteiger partial charge in [-0.25, -0.2) is 0 Å². The average Bonchev–Trinajstić information content (AvgIpc) is 2.54. The van der Waals surface area contributed by atoms with Crippen LogP contribution in [0.2, 0.25) is 0 Å². The van der Waals surface area contributed by atoms with E-state index < -0.39 is 0 Å². The van der Waals surface area contributed by atoms with Crippen LogP contribution in [0.3, 0.4) is 0 Å². The molecule has 2 aliphatic rings. The minimum atomic E-state index is 0.264. The van der Waals surface area contributed by atoms with Gasteiger partial charge in [-0.15, -0.1) is 0 Å². The van der Waals surface area contributed by atoms with Crippen molar-refractivity contribution in [3.8, 4) is 0 Å². The fraction of sp³-hybridized carbons (Fsp3) is 0.875. The molecule has 2 rings (SSSR count). The molecule has 0 saturated carbocycles. The van der Waals surface area contributed by atoms with Gasteiger partial charge in [0.1, 0.15) is 0 Å². The van der Waals surface area contributed by atoms with Crippen molar-refractivity contribution in [3.63, 3.8) is 0 Å². The summed E-state index contributed by atoms with van der Waals surface area (Å²) in [5, 5.41) is 0. The maximum atomic E-state index is 12.2. The molecule has 0 aromatic heterocycles. The molecule has 120 valence electrons. The Labute approximate surface area is 128 Å². The van der Waals surface area contributed by atoms with E-state index in [1.165, 1.54) is 6.42 Å². The molecule has 0 spiro atoms. The van der Waals surface area contributed by atoms with E-state index in [0.29, 0.717) is 13.0 Å². The summed E-state index contributed by atoms with van der Waals surface area (Å²) in [5.41, 5.74) is 0. The van der Waals surface area contributed by atoms with Crippen LogP contribution in [0.1, 0.15) is 45.4 Å². The van der Waals surface area contributed by atoms with Crippen molar-refractivity contribution >= 4 is 11.8 Å². The lowest BCUT2D eigenvalue weighted by Gasteiger charge is -2.36. The highest BCUT2D eigenvalue weighted by Crippen LogP contribution is 2.11. The van der Waals surface area contributed by atoms with Crippen LogP contribution in [0, 0.1) is 0 Å². The number of carbonyl (C=O) groups is 2. The van der Waals surface area contributed by atoms with Crippen LogP contribution < -0.4 is 0 Å². The Bertz CT molecular complexity index is 345. The molecule has 21 heavy (non-hydrogen) atoms. The van der Waals surface area contributed by atoms with Gasteiger partial charge in [0, 0.05) is 45.7 Å². The number of piperazine rings is 1. The number of hydrogen-bond donors (Lipinski definition) is 0. The molecule has 5 heteroatoms. The molecule has 2 amide bonds. The highest BCUT2D eigenvalue weighted by atomic mass is 16.2. The number of amides is 2. The molecule has 0 atom stereocenters. The van der Waals surface area contributed by atoms with Gasteiger partial charge >= 0.3 is 0 Å². The van der Waals surface area contributed by atoms with Crippen molar-refractivity contribution in [1.82, 2.24) is 14.7 Å². The topological polar surface area (TPSA) is 43.9 Å². The Morgan fingerprint density at radius 1 is 0.810 bits per heavy atom. The predicted octanol–water partition coefficient (Wildman–Crippen LogP) is 1.33. The zero-order valence-electron chi connectivity index (χ0n) is 13.4. The second-order valence-electron chi connectivity index (χ2n) is 6.20. The highest BCUT2D eigenvalue weighted by Gasteiger charge is 2.24. The number of rotatable bonds is 5. The zero-order chi connectivity index (χ0) is 15.1. The maximum absolute atomic E-state index is 12.2. The number of carbonyl (C=O) groups excluding carboxylic acids is 2. The molecule has 0 aromatic carbocycles. The number of piperidine rings is 1. The molecule has 0 N–H and O–H groups in total. The fourth-order valence-corrected chi connectivity index (χ4v) is 3.08. The first kappa shape index (κ1) is 16.3. The smallest absolute Gasteiger partial charge is 0.236 e. The first-order valence-electron chi connectivity index (χ1n) is 8.48. The van der Waals surface area contributed by atoms with E-state index in [0.717, 1.165) is 65.0 Å². The van der Waals surface area contributed by atoms with E-state index in [-0.39, 0.29) is 11.8 Å². The summed E-state index contributed by atoms with van der Waals surface area (Å²) in [7, 11) is 0. The Balaban J connectivity index is 1.68. The van der Waals surface area contributed by atoms with Crippen LogP contribution in [0.25, 0.3) is 0 Å². The first-order chi connectivity index (χ1) is 10.2. The van der Waals surface area contributed by atoms with E-state index >= 15 is 0 Å². The number of nitrogens with zero attached hydrogens (tertiary/aromatic N) is 3. The Morgan fingerprint density at radius 2 is 1.43 bits per heavy atom. The van der Waals surface area contributed by atoms with Gasteiger partial charge in [0.15, 0.2) is 0 Å². The van der Waals surface area contributed by atoms with Gasteiger partial charge in [-0.2, -0.15) is 0 Å². The zero-order valence-corrected chi connectivity index (χ0v) is 13.4. The van der Waals surface area contributed by atoms with Gasteiger partial charge in [-0.1, -0.05) is 13.3 Å². The second kappa shape index (κ2) is 8.37. The molecule has 0 radical (unpaired) electrons. The highest BCUT2D eigenvalue weighted by molar-refractivity contribution is 5.78. The van der Waals surface area contributed by atoms with E-state index in [1.54, 1.807) is 0 Å². The van der Waals surface area contributed by atoms with E-state index in [1.807, 2.05) is 9.80 Å². The lowest BCUT2D eigenvalue weighted by molar-refractivity contribution is -0.135. The van der Waals surface area contributed by atoms with Gasteiger partial charge in [0.2, 0.25) is 11.8 Å². The fourth-order valence-electron chi connectivity index (χ4n) is 3.08. The van der Waals surface area contributed by atoms with Gasteiger partial charge < -0.3 is 9.80 Å². The Morgan fingerprint density at radius 3 is 2.05 bits per heavy atom. The number of likely N-dealkylation sites (tertiary alicyclic amines) is 1. The number of unbranched alkanes of at least 4 members (excludes halogenated alkanes) is 1. The van der Waals surface area contributed by atoms with Crippen LogP contribution in [-0.4, -0.2) is 72.3 Å². The van der Waals surface area contributed by atoms with Gasteiger partial charge in [-0.05, 0) is 25.7 Å². The van der Waals surface area contributed by atoms with Crippen LogP contribution in [0.4, 0.5) is 0 Å². The summed E-state index contributed by atoms with van der Waals surface area (Å²) in [5.74, 6) is 0.541. The monoisotopic (exact) mass is 295 g/mol. The summed E-state index contributed by atoms with van der Waals surface area (Å²) >= 11 is 0. The van der Waals surface area contributed by atoms with E-state index in [9.17, 15) is 9.59 Å². The predicted molar refractivity (Wildman–Crippen MR) is 83.0 cm³/mol. The Kier molecular flexibility index (Phi) is 6.49. The van der Waals surface area contributed by atoms with E-state index in [4.69, 9.17) is 0 Å². The first-order valence-corrected chi connectivity index (χ1v) is 8.48. The second-order valence-corrected chi connectivity index (χ2v) is 6.20. The lowest BCUT2D eigenvalue weighted by Crippen LogP contribution is -2.52. The molecule has 2 fully saturated rings. The lowest BCUT2D eigenvalue weighted by atomic mass is 10.1. The summed E-state index contributed by atoms with van der Waals surface area (Å²) < 4.78 is 0. The standard InChI is InChI=1S/C16H29N3O2/c1-2-3-7-15(20)19-12-10-17(11-13-19)14-16(21)18-8-5-4-6-9-18/h2-14H2,1H3. The van der Waals surface area contributed by atoms with Crippen LogP contribution in [-0.2, 0) is 9.59 Å². The van der Waals surface area contributed by atoms with Crippen molar-refractivity contribution in [3.05, 3.63) is 0 Å². The van der Waals surface area contributed by atoms with Crippen LogP contribution in [0.15, 0.2) is 0 Å². The van der Waals surface area contributed by atoms with Gasteiger partial charge in [0.05, 0.1) is 6.54 Å². The maximum Gasteiger partial charge on any atom is 0.236 e. The van der Waals surface area contributed by atoms with Crippen molar-refractivity contribution in [2.45, 2.75) is 45.4 Å². The third-order valence-corrected chi connectivity index (χ3v) is 4.54. The quantitative estimate of drug-likeness (QED) is 0.768.